The van der Waals surface area contributed by atoms with Gasteiger partial charge in [-0.2, -0.15) is 26.6 Å². The van der Waals surface area contributed by atoms with Crippen molar-refractivity contribution in [1.29, 1.82) is 0 Å². The van der Waals surface area contributed by atoms with Crippen LogP contribution in [0.3, 0.4) is 0 Å². The van der Waals surface area contributed by atoms with Crippen LogP contribution in [-0.2, 0) is 19.6 Å². The molecule has 5 rings (SSSR count). The van der Waals surface area contributed by atoms with Crippen LogP contribution in [-0.4, -0.2) is 62.1 Å². The van der Waals surface area contributed by atoms with Gasteiger partial charge < -0.3 is 24.0 Å². The van der Waals surface area contributed by atoms with Crippen LogP contribution in [0.1, 0.15) is 44.0 Å². The van der Waals surface area contributed by atoms with Crippen molar-refractivity contribution in [2.24, 2.45) is 11.8 Å². The SMILES string of the molecule is CC(=O)N1c2c(cc(N3CCOCC3)nc2OS(=O)(=O)C(F)(F)F)C(Nc2cccc(C)n2)C(C)C1C1CC1. The van der Waals surface area contributed by atoms with Crippen molar-refractivity contribution in [3.63, 3.8) is 0 Å². The van der Waals surface area contributed by atoms with Crippen LogP contribution in [0.15, 0.2) is 24.3 Å². The van der Waals surface area contributed by atoms with Gasteiger partial charge in [0, 0.05) is 43.2 Å². The molecule has 1 amide bonds. The maximum atomic E-state index is 13.5. The van der Waals surface area contributed by atoms with Crippen molar-refractivity contribution in [2.75, 3.05) is 41.4 Å². The Labute approximate surface area is 224 Å². The van der Waals surface area contributed by atoms with E-state index in [0.717, 1.165) is 18.5 Å². The Morgan fingerprint density at radius 1 is 1.18 bits per heavy atom. The number of ether oxygens (including phenoxy) is 1. The second kappa shape index (κ2) is 10.1. The molecular weight excluding hydrogens is 539 g/mol. The van der Waals surface area contributed by atoms with E-state index in [1.807, 2.05) is 26.0 Å². The molecule has 0 bridgehead atoms. The number of hydrogen-bond donors (Lipinski definition) is 1. The highest BCUT2D eigenvalue weighted by molar-refractivity contribution is 7.88. The molecule has 1 aliphatic carbocycles. The molecule has 39 heavy (non-hydrogen) atoms. The Morgan fingerprint density at radius 3 is 2.46 bits per heavy atom. The first-order chi connectivity index (χ1) is 18.4. The normalized spacial score (nSPS) is 23.8. The first-order valence-corrected chi connectivity index (χ1v) is 14.2. The molecule has 2 aromatic heterocycles. The molecule has 3 unspecified atom stereocenters. The van der Waals surface area contributed by atoms with Crippen molar-refractivity contribution < 1.29 is 35.3 Å². The fourth-order valence-corrected chi connectivity index (χ4v) is 5.88. The van der Waals surface area contributed by atoms with E-state index in [-0.39, 0.29) is 23.3 Å². The Balaban J connectivity index is 1.73. The molecule has 3 atom stereocenters. The Hall–Kier alpha value is -3.13. The summed E-state index contributed by atoms with van der Waals surface area (Å²) in [6.07, 6.45) is 1.67. The predicted octanol–water partition coefficient (Wildman–Crippen LogP) is 3.78. The minimum Gasteiger partial charge on any atom is -0.378 e. The minimum absolute atomic E-state index is 0.0764. The first-order valence-electron chi connectivity index (χ1n) is 12.8. The van der Waals surface area contributed by atoms with Gasteiger partial charge in [-0.1, -0.05) is 13.0 Å². The molecule has 3 aliphatic rings. The van der Waals surface area contributed by atoms with Gasteiger partial charge in [-0.3, -0.25) is 4.79 Å². The van der Waals surface area contributed by atoms with Crippen molar-refractivity contribution in [3.05, 3.63) is 35.5 Å². The van der Waals surface area contributed by atoms with Crippen LogP contribution >= 0.6 is 0 Å². The number of nitrogens with one attached hydrogen (secondary N) is 1. The third kappa shape index (κ3) is 5.36. The lowest BCUT2D eigenvalue weighted by molar-refractivity contribution is -0.117. The van der Waals surface area contributed by atoms with E-state index in [2.05, 4.69) is 15.3 Å². The number of anilines is 3. The third-order valence-electron chi connectivity index (χ3n) is 7.36. The largest absolute Gasteiger partial charge is 0.534 e. The quantitative estimate of drug-likeness (QED) is 0.410. The smallest absolute Gasteiger partial charge is 0.378 e. The molecule has 212 valence electrons. The van der Waals surface area contributed by atoms with Crippen molar-refractivity contribution >= 4 is 33.3 Å². The van der Waals surface area contributed by atoms with Crippen LogP contribution in [0, 0.1) is 18.8 Å². The summed E-state index contributed by atoms with van der Waals surface area (Å²) in [6.45, 7) is 6.63. The number of morpholine rings is 1. The zero-order chi connectivity index (χ0) is 28.1. The molecule has 1 saturated carbocycles. The van der Waals surface area contributed by atoms with Crippen LogP contribution in [0.5, 0.6) is 5.88 Å². The fraction of sp³-hybridized carbons (Fsp3) is 0.560. The molecule has 0 aromatic carbocycles. The van der Waals surface area contributed by atoms with Gasteiger partial charge in [-0.05, 0) is 43.9 Å². The molecule has 1 saturated heterocycles. The highest BCUT2D eigenvalue weighted by atomic mass is 32.2. The van der Waals surface area contributed by atoms with Crippen LogP contribution in [0.2, 0.25) is 0 Å². The highest BCUT2D eigenvalue weighted by Gasteiger charge is 2.52. The Bertz CT molecular complexity index is 1360. The zero-order valence-corrected chi connectivity index (χ0v) is 22.6. The summed E-state index contributed by atoms with van der Waals surface area (Å²) < 4.78 is 75.0. The van der Waals surface area contributed by atoms with Gasteiger partial charge in [0.05, 0.1) is 19.3 Å². The maximum absolute atomic E-state index is 13.5. The average molecular weight is 570 g/mol. The first kappa shape index (κ1) is 27.4. The molecule has 10 nitrogen and oxygen atoms in total. The van der Waals surface area contributed by atoms with E-state index in [1.165, 1.54) is 11.8 Å². The van der Waals surface area contributed by atoms with Gasteiger partial charge in [-0.25, -0.2) is 4.98 Å². The molecule has 0 radical (unpaired) electrons. The highest BCUT2D eigenvalue weighted by Crippen LogP contribution is 2.53. The van der Waals surface area contributed by atoms with Gasteiger partial charge >= 0.3 is 15.6 Å². The second-order valence-electron chi connectivity index (χ2n) is 10.2. The van der Waals surface area contributed by atoms with E-state index in [1.54, 1.807) is 17.0 Å². The molecule has 14 heteroatoms. The molecule has 1 N–H and O–H groups in total. The number of pyridine rings is 2. The number of aromatic nitrogens is 2. The van der Waals surface area contributed by atoms with E-state index in [4.69, 9.17) is 8.92 Å². The number of carbonyl (C=O) groups is 1. The van der Waals surface area contributed by atoms with E-state index < -0.39 is 39.5 Å². The predicted molar refractivity (Wildman–Crippen MR) is 137 cm³/mol. The van der Waals surface area contributed by atoms with Gasteiger partial charge in [0.2, 0.25) is 5.91 Å². The maximum Gasteiger partial charge on any atom is 0.534 e. The molecule has 4 heterocycles. The molecule has 0 spiro atoms. The topological polar surface area (TPSA) is 114 Å². The minimum atomic E-state index is -6.07. The monoisotopic (exact) mass is 569 g/mol. The summed E-state index contributed by atoms with van der Waals surface area (Å²) in [5.74, 6) is -0.556. The van der Waals surface area contributed by atoms with Crippen LogP contribution in [0.25, 0.3) is 0 Å². The van der Waals surface area contributed by atoms with Gasteiger partial charge in [0.1, 0.15) is 17.3 Å². The molecule has 2 fully saturated rings. The van der Waals surface area contributed by atoms with Crippen LogP contribution < -0.4 is 19.3 Å². The number of amides is 1. The second-order valence-corrected chi connectivity index (χ2v) is 11.7. The van der Waals surface area contributed by atoms with Crippen LogP contribution in [0.4, 0.5) is 30.5 Å². The van der Waals surface area contributed by atoms with E-state index in [0.29, 0.717) is 37.7 Å². The summed E-state index contributed by atoms with van der Waals surface area (Å²) in [4.78, 5) is 25.0. The fourth-order valence-electron chi connectivity index (χ4n) is 5.46. The number of rotatable bonds is 6. The lowest BCUT2D eigenvalue weighted by Gasteiger charge is -2.46. The van der Waals surface area contributed by atoms with Gasteiger partial charge in [-0.15, -0.1) is 0 Å². The zero-order valence-electron chi connectivity index (χ0n) is 21.7. The van der Waals surface area contributed by atoms with Gasteiger partial charge in [0.15, 0.2) is 0 Å². The summed E-state index contributed by atoms with van der Waals surface area (Å²) in [6, 6.07) is 6.19. The summed E-state index contributed by atoms with van der Waals surface area (Å²) >= 11 is 0. The number of hydrogen-bond acceptors (Lipinski definition) is 9. The summed E-state index contributed by atoms with van der Waals surface area (Å²) in [7, 11) is -6.07. The standard InChI is InChI=1S/C25H30F3N5O5S/c1-14-5-4-6-19(29-14)30-21-15(2)22(17-7-8-17)33(16(3)34)23-18(21)13-20(32-9-11-37-12-10-32)31-24(23)38-39(35,36)25(26,27)28/h4-6,13,15,17,21-22H,7-12H2,1-3H3,(H,29,30). The lowest BCUT2D eigenvalue weighted by atomic mass is 9.80. The summed E-state index contributed by atoms with van der Waals surface area (Å²) in [5, 5.41) is 3.40. The summed E-state index contributed by atoms with van der Waals surface area (Å²) in [5.41, 5.74) is -4.59. The van der Waals surface area contributed by atoms with E-state index in [9.17, 15) is 26.4 Å². The Kier molecular flexibility index (Phi) is 7.12. The molecule has 2 aromatic rings. The average Bonchev–Trinajstić information content (AvgIpc) is 3.70. The van der Waals surface area contributed by atoms with Crippen molar-refractivity contribution in [1.82, 2.24) is 9.97 Å². The lowest BCUT2D eigenvalue weighted by Crippen LogP contribution is -2.51. The number of halogens is 3. The number of fused-ring (bicyclic) bond motifs is 1. The number of alkyl halides is 3. The number of nitrogens with zero attached hydrogens (tertiary/aromatic N) is 4. The van der Waals surface area contributed by atoms with Crippen molar-refractivity contribution in [2.45, 2.75) is 51.2 Å². The number of aryl methyl sites for hydroxylation is 1. The molecular formula is C25H30F3N5O5S. The third-order valence-corrected chi connectivity index (χ3v) is 8.30. The molecule has 2 aliphatic heterocycles. The van der Waals surface area contributed by atoms with Gasteiger partial charge in [0.25, 0.3) is 5.88 Å². The van der Waals surface area contributed by atoms with Crippen molar-refractivity contribution in [3.8, 4) is 5.88 Å². The number of carbonyl (C=O) groups excluding carboxylic acids is 1. The van der Waals surface area contributed by atoms with E-state index >= 15 is 0 Å². The Morgan fingerprint density at radius 2 is 1.87 bits per heavy atom.